The number of hydrogen-bond donors (Lipinski definition) is 2. The highest BCUT2D eigenvalue weighted by Gasteiger charge is 2.22. The van der Waals surface area contributed by atoms with Crippen molar-refractivity contribution in [3.8, 4) is 0 Å². The largest absolute Gasteiger partial charge is 0.390 e. The minimum atomic E-state index is -0.582. The Bertz CT molecular complexity index is 465. The first kappa shape index (κ1) is 16.3. The van der Waals surface area contributed by atoms with Gasteiger partial charge in [-0.2, -0.15) is 0 Å². The molecule has 0 aromatic heterocycles. The Morgan fingerprint density at radius 3 is 2.81 bits per heavy atom. The van der Waals surface area contributed by atoms with E-state index in [1.54, 1.807) is 0 Å². The van der Waals surface area contributed by atoms with Gasteiger partial charge in [-0.3, -0.25) is 0 Å². The fourth-order valence-corrected chi connectivity index (χ4v) is 2.88. The molecule has 1 aliphatic heterocycles. The van der Waals surface area contributed by atoms with Gasteiger partial charge in [0.25, 0.3) is 0 Å². The second-order valence-corrected chi connectivity index (χ2v) is 6.86. The summed E-state index contributed by atoms with van der Waals surface area (Å²) in [6, 6.07) is 7.27. The van der Waals surface area contributed by atoms with E-state index in [4.69, 9.17) is 0 Å². The topological polar surface area (TPSA) is 35.5 Å². The fraction of sp³-hybridized carbons (Fsp3) is 0.667. The maximum atomic E-state index is 9.89. The first-order valence-corrected chi connectivity index (χ1v) is 8.24. The number of nitrogens with one attached hydrogen (secondary N) is 1. The van der Waals surface area contributed by atoms with E-state index in [-0.39, 0.29) is 0 Å². The van der Waals surface area contributed by atoms with Crippen molar-refractivity contribution in [3.05, 3.63) is 29.3 Å². The van der Waals surface area contributed by atoms with Gasteiger partial charge in [0.1, 0.15) is 0 Å². The zero-order valence-electron chi connectivity index (χ0n) is 13.9. The molecule has 1 aromatic rings. The highest BCUT2D eigenvalue weighted by atomic mass is 16.3. The molecule has 0 bridgehead atoms. The lowest BCUT2D eigenvalue weighted by Gasteiger charge is -2.25. The molecule has 21 heavy (non-hydrogen) atoms. The number of aliphatic hydroxyl groups is 1. The summed E-state index contributed by atoms with van der Waals surface area (Å²) in [5.41, 5.74) is 3.60. The number of fused-ring (bicyclic) bond motifs is 1. The highest BCUT2D eigenvalue weighted by molar-refractivity contribution is 5.59. The molecule has 0 saturated heterocycles. The average Bonchev–Trinajstić information content (AvgIpc) is 2.84. The van der Waals surface area contributed by atoms with Crippen LogP contribution >= 0.6 is 0 Å². The van der Waals surface area contributed by atoms with Crippen LogP contribution in [0.25, 0.3) is 0 Å². The molecule has 1 heterocycles. The Kier molecular flexibility index (Phi) is 5.28. The molecule has 2 N–H and O–H groups in total. The quantitative estimate of drug-likeness (QED) is 0.809. The van der Waals surface area contributed by atoms with E-state index >= 15 is 0 Å². The smallest absolute Gasteiger partial charge is 0.0608 e. The van der Waals surface area contributed by atoms with Gasteiger partial charge in [-0.15, -0.1) is 0 Å². The molecule has 1 aromatic carbocycles. The third-order valence-electron chi connectivity index (χ3n) is 4.29. The Labute approximate surface area is 129 Å². The second-order valence-electron chi connectivity index (χ2n) is 6.86. The van der Waals surface area contributed by atoms with Crippen LogP contribution in [0.4, 0.5) is 5.69 Å². The van der Waals surface area contributed by atoms with Crippen molar-refractivity contribution in [1.82, 2.24) is 5.32 Å². The van der Waals surface area contributed by atoms with Gasteiger partial charge in [0.15, 0.2) is 0 Å². The molecule has 1 atom stereocenters. The normalized spacial score (nSPS) is 16.1. The van der Waals surface area contributed by atoms with Crippen molar-refractivity contribution < 1.29 is 5.11 Å². The second kappa shape index (κ2) is 6.80. The summed E-state index contributed by atoms with van der Waals surface area (Å²) in [6.07, 6.45) is 3.10. The summed E-state index contributed by atoms with van der Waals surface area (Å²) in [7, 11) is 0. The first-order chi connectivity index (χ1) is 9.90. The van der Waals surface area contributed by atoms with Crippen LogP contribution in [0.3, 0.4) is 0 Å². The first-order valence-electron chi connectivity index (χ1n) is 8.24. The van der Waals surface area contributed by atoms with E-state index < -0.39 is 5.60 Å². The average molecular weight is 290 g/mol. The van der Waals surface area contributed by atoms with E-state index in [1.165, 1.54) is 23.2 Å². The van der Waals surface area contributed by atoms with Crippen LogP contribution in [0.15, 0.2) is 18.2 Å². The van der Waals surface area contributed by atoms with Crippen molar-refractivity contribution in [3.63, 3.8) is 0 Å². The molecule has 0 spiro atoms. The Balaban J connectivity index is 2.02. The van der Waals surface area contributed by atoms with Gasteiger partial charge >= 0.3 is 0 Å². The van der Waals surface area contributed by atoms with E-state index in [0.717, 1.165) is 32.5 Å². The summed E-state index contributed by atoms with van der Waals surface area (Å²) in [6.45, 7) is 11.3. The van der Waals surface area contributed by atoms with Gasteiger partial charge in [0, 0.05) is 24.8 Å². The number of benzene rings is 1. The molecule has 1 aliphatic rings. The molecule has 1 unspecified atom stereocenters. The zero-order valence-corrected chi connectivity index (χ0v) is 13.9. The lowest BCUT2D eigenvalue weighted by Crippen LogP contribution is -2.29. The molecular formula is C18H30N2O. The van der Waals surface area contributed by atoms with Gasteiger partial charge in [-0.05, 0) is 63.8 Å². The summed E-state index contributed by atoms with van der Waals surface area (Å²) in [5, 5.41) is 13.4. The van der Waals surface area contributed by atoms with Crippen molar-refractivity contribution in [2.45, 2.75) is 58.6 Å². The van der Waals surface area contributed by atoms with E-state index in [9.17, 15) is 5.11 Å². The van der Waals surface area contributed by atoms with Crippen LogP contribution in [0, 0.1) is 0 Å². The van der Waals surface area contributed by atoms with Crippen molar-refractivity contribution in [2.75, 3.05) is 24.5 Å². The van der Waals surface area contributed by atoms with E-state index in [1.807, 2.05) is 13.8 Å². The van der Waals surface area contributed by atoms with Gasteiger partial charge in [-0.1, -0.05) is 19.1 Å². The lowest BCUT2D eigenvalue weighted by atomic mass is 10.0. The molecule has 3 heteroatoms. The van der Waals surface area contributed by atoms with Crippen LogP contribution in [0.2, 0.25) is 0 Å². The number of rotatable bonds is 7. The lowest BCUT2D eigenvalue weighted by molar-refractivity contribution is 0.0732. The van der Waals surface area contributed by atoms with Gasteiger partial charge in [-0.25, -0.2) is 0 Å². The molecule has 0 fully saturated rings. The van der Waals surface area contributed by atoms with Crippen LogP contribution in [-0.4, -0.2) is 30.3 Å². The van der Waals surface area contributed by atoms with Crippen molar-refractivity contribution >= 4 is 5.69 Å². The molecule has 3 nitrogen and oxygen atoms in total. The molecule has 0 amide bonds. The third-order valence-corrected chi connectivity index (χ3v) is 4.29. The molecule has 118 valence electrons. The van der Waals surface area contributed by atoms with Crippen molar-refractivity contribution in [2.24, 2.45) is 0 Å². The molecule has 0 radical (unpaired) electrons. The minimum Gasteiger partial charge on any atom is -0.390 e. The molecule has 0 aliphatic carbocycles. The standard InChI is InChI=1S/C18H30N2O/c1-5-10-19-14(2)15-6-7-17-16(13-15)8-11-20(17)12-9-18(3,4)21/h6-7,13-14,19,21H,5,8-12H2,1-4H3. The Morgan fingerprint density at radius 1 is 1.38 bits per heavy atom. The SMILES string of the molecule is CCCNC(C)c1ccc2c(c1)CCN2CCC(C)(C)O. The predicted molar refractivity (Wildman–Crippen MR) is 90.0 cm³/mol. The maximum Gasteiger partial charge on any atom is 0.0608 e. The summed E-state index contributed by atoms with van der Waals surface area (Å²) in [5.74, 6) is 0. The molecule has 0 saturated carbocycles. The van der Waals surface area contributed by atoms with Crippen LogP contribution in [0.5, 0.6) is 0 Å². The Morgan fingerprint density at radius 2 is 2.14 bits per heavy atom. The van der Waals surface area contributed by atoms with Gasteiger partial charge in [0.05, 0.1) is 5.60 Å². The summed E-state index contributed by atoms with van der Waals surface area (Å²) < 4.78 is 0. The maximum absolute atomic E-state index is 9.89. The number of nitrogens with zero attached hydrogens (tertiary/aromatic N) is 1. The number of hydrogen-bond acceptors (Lipinski definition) is 3. The molecular weight excluding hydrogens is 260 g/mol. The van der Waals surface area contributed by atoms with E-state index in [2.05, 4.69) is 42.3 Å². The third kappa shape index (κ3) is 4.45. The van der Waals surface area contributed by atoms with Crippen LogP contribution in [0.1, 0.15) is 57.7 Å². The van der Waals surface area contributed by atoms with Gasteiger partial charge < -0.3 is 15.3 Å². The number of anilines is 1. The fourth-order valence-electron chi connectivity index (χ4n) is 2.88. The van der Waals surface area contributed by atoms with E-state index in [0.29, 0.717) is 6.04 Å². The highest BCUT2D eigenvalue weighted by Crippen LogP contribution is 2.31. The molecule has 2 rings (SSSR count). The predicted octanol–water partition coefficient (Wildman–Crippen LogP) is 3.27. The monoisotopic (exact) mass is 290 g/mol. The van der Waals surface area contributed by atoms with Gasteiger partial charge in [0.2, 0.25) is 0 Å². The Hall–Kier alpha value is -1.06. The van der Waals surface area contributed by atoms with Crippen molar-refractivity contribution in [1.29, 1.82) is 0 Å². The minimum absolute atomic E-state index is 0.417. The van der Waals surface area contributed by atoms with Crippen LogP contribution in [-0.2, 0) is 6.42 Å². The summed E-state index contributed by atoms with van der Waals surface area (Å²) in [4.78, 5) is 2.40. The summed E-state index contributed by atoms with van der Waals surface area (Å²) >= 11 is 0. The van der Waals surface area contributed by atoms with Crippen LogP contribution < -0.4 is 10.2 Å². The zero-order chi connectivity index (χ0) is 15.5.